The summed E-state index contributed by atoms with van der Waals surface area (Å²) in [5.74, 6) is 0.142. The third-order valence-electron chi connectivity index (χ3n) is 4.51. The molecule has 1 aromatic carbocycles. The fraction of sp³-hybridized carbons (Fsp3) is 0.474. The number of aromatic hydroxyl groups is 1. The number of piperidine rings is 1. The van der Waals surface area contributed by atoms with Gasteiger partial charge < -0.3 is 10.4 Å². The summed E-state index contributed by atoms with van der Waals surface area (Å²) in [7, 11) is 0. The highest BCUT2D eigenvalue weighted by molar-refractivity contribution is 8.14. The number of nitrogens with zero attached hydrogens (tertiary/aromatic N) is 1. The Balaban J connectivity index is 1.75. The number of thioether (sulfide) groups is 1. The van der Waals surface area contributed by atoms with Gasteiger partial charge in [0.25, 0.3) is 0 Å². The van der Waals surface area contributed by atoms with E-state index in [0.29, 0.717) is 15.9 Å². The van der Waals surface area contributed by atoms with E-state index in [2.05, 4.69) is 43.2 Å². The zero-order valence-electron chi connectivity index (χ0n) is 15.2. The van der Waals surface area contributed by atoms with Crippen molar-refractivity contribution in [1.29, 1.82) is 5.41 Å². The first-order chi connectivity index (χ1) is 11.7. The van der Waals surface area contributed by atoms with Crippen LogP contribution in [0, 0.1) is 5.41 Å². The molecular weight excluding hydrogens is 332 g/mol. The molecule has 0 radical (unpaired) electrons. The van der Waals surface area contributed by atoms with Gasteiger partial charge in [0, 0.05) is 33.7 Å². The highest BCUT2D eigenvalue weighted by Gasteiger charge is 2.38. The number of phenolic OH excluding ortho intramolecular Hbond substituents is 1. The van der Waals surface area contributed by atoms with Gasteiger partial charge >= 0.3 is 0 Å². The zero-order chi connectivity index (χ0) is 18.2. The van der Waals surface area contributed by atoms with Crippen molar-refractivity contribution in [3.8, 4) is 16.9 Å². The van der Waals surface area contributed by atoms with E-state index in [1.807, 2.05) is 12.1 Å². The van der Waals surface area contributed by atoms with E-state index in [4.69, 9.17) is 5.41 Å². The molecule has 134 valence electrons. The van der Waals surface area contributed by atoms with E-state index < -0.39 is 0 Å². The Bertz CT molecular complexity index is 752. The average Bonchev–Trinajstić information content (AvgIpc) is 2.97. The van der Waals surface area contributed by atoms with Crippen molar-refractivity contribution < 1.29 is 5.11 Å². The molecule has 0 atom stereocenters. The van der Waals surface area contributed by atoms with Gasteiger partial charge in [-0.1, -0.05) is 6.07 Å². The maximum Gasteiger partial charge on any atom is 0.126 e. The lowest BCUT2D eigenvalue weighted by Crippen LogP contribution is -2.58. The molecule has 0 spiro atoms. The van der Waals surface area contributed by atoms with Crippen molar-refractivity contribution >= 4 is 16.8 Å². The maximum absolute atomic E-state index is 10.4. The number of phenols is 1. The number of nitrogens with one attached hydrogen (secondary N) is 3. The van der Waals surface area contributed by atoms with Crippen LogP contribution < -0.4 is 5.32 Å². The third kappa shape index (κ3) is 4.25. The number of hydrogen-bond donors (Lipinski definition) is 4. The Morgan fingerprint density at radius 2 is 1.88 bits per heavy atom. The number of H-pyrrole nitrogens is 1. The topological polar surface area (TPSA) is 84.8 Å². The molecule has 0 unspecified atom stereocenters. The molecule has 1 fully saturated rings. The van der Waals surface area contributed by atoms with Crippen LogP contribution in [0.1, 0.15) is 46.1 Å². The molecule has 4 N–H and O–H groups in total. The van der Waals surface area contributed by atoms with Crippen LogP contribution in [0.4, 0.5) is 0 Å². The number of aromatic amines is 1. The van der Waals surface area contributed by atoms with Crippen molar-refractivity contribution in [2.45, 2.75) is 56.9 Å². The SMILES string of the molecule is CC1(C)CC(SC(=N)c2ccc(-c3cn[nH]c3)cc2O)CC(C)(C)N1. The fourth-order valence-corrected chi connectivity index (χ4v) is 5.49. The standard InChI is InChI=1S/C19H26N4OS/c1-18(2)8-14(9-19(3,4)23-18)25-17(20)15-6-5-12(7-16(15)24)13-10-21-22-11-13/h5-7,10-11,14,20,23-24H,8-9H2,1-4H3,(H,21,22). The van der Waals surface area contributed by atoms with Crippen LogP contribution in [-0.4, -0.2) is 36.7 Å². The second-order valence-electron chi connectivity index (χ2n) is 8.09. The fourth-order valence-electron chi connectivity index (χ4n) is 3.85. The van der Waals surface area contributed by atoms with E-state index in [0.717, 1.165) is 24.0 Å². The van der Waals surface area contributed by atoms with Gasteiger partial charge in [0.1, 0.15) is 5.75 Å². The molecule has 0 saturated carbocycles. The monoisotopic (exact) mass is 358 g/mol. The van der Waals surface area contributed by atoms with Gasteiger partial charge in [-0.3, -0.25) is 10.5 Å². The van der Waals surface area contributed by atoms with E-state index in [-0.39, 0.29) is 16.8 Å². The molecule has 0 aliphatic carbocycles. The van der Waals surface area contributed by atoms with Gasteiger partial charge in [0.05, 0.1) is 11.2 Å². The molecule has 1 aliphatic heterocycles. The quantitative estimate of drug-likeness (QED) is 0.490. The summed E-state index contributed by atoms with van der Waals surface area (Å²) in [4.78, 5) is 0. The van der Waals surface area contributed by atoms with Gasteiger partial charge in [0.2, 0.25) is 0 Å². The van der Waals surface area contributed by atoms with Gasteiger partial charge in [-0.15, -0.1) is 11.8 Å². The number of rotatable bonds is 3. The van der Waals surface area contributed by atoms with Crippen LogP contribution in [0.15, 0.2) is 30.6 Å². The molecule has 3 rings (SSSR count). The Hall–Kier alpha value is -1.79. The van der Waals surface area contributed by atoms with E-state index in [1.165, 1.54) is 0 Å². The Morgan fingerprint density at radius 3 is 2.44 bits per heavy atom. The van der Waals surface area contributed by atoms with Crippen molar-refractivity contribution in [3.63, 3.8) is 0 Å². The van der Waals surface area contributed by atoms with Crippen LogP contribution in [0.3, 0.4) is 0 Å². The van der Waals surface area contributed by atoms with Gasteiger partial charge in [-0.05, 0) is 58.2 Å². The van der Waals surface area contributed by atoms with Crippen LogP contribution in [0.25, 0.3) is 11.1 Å². The third-order valence-corrected chi connectivity index (χ3v) is 5.63. The predicted molar refractivity (Wildman–Crippen MR) is 104 cm³/mol. The smallest absolute Gasteiger partial charge is 0.126 e. The number of benzene rings is 1. The molecule has 1 saturated heterocycles. The first kappa shape index (κ1) is 18.0. The van der Waals surface area contributed by atoms with Crippen LogP contribution in [0.2, 0.25) is 0 Å². The average molecular weight is 359 g/mol. The maximum atomic E-state index is 10.4. The summed E-state index contributed by atoms with van der Waals surface area (Å²) < 4.78 is 0. The number of aromatic nitrogens is 2. The van der Waals surface area contributed by atoms with Gasteiger partial charge in [-0.25, -0.2) is 0 Å². The lowest BCUT2D eigenvalue weighted by Gasteiger charge is -2.46. The van der Waals surface area contributed by atoms with Crippen molar-refractivity contribution in [2.75, 3.05) is 0 Å². The van der Waals surface area contributed by atoms with E-state index >= 15 is 0 Å². The summed E-state index contributed by atoms with van der Waals surface area (Å²) in [5, 5.41) is 30.0. The summed E-state index contributed by atoms with van der Waals surface area (Å²) in [6.45, 7) is 8.84. The Labute approximate surface area is 153 Å². The molecule has 1 aliphatic rings. The first-order valence-corrected chi connectivity index (χ1v) is 9.40. The molecule has 0 bridgehead atoms. The molecule has 2 aromatic rings. The minimum Gasteiger partial charge on any atom is -0.507 e. The highest BCUT2D eigenvalue weighted by atomic mass is 32.2. The number of hydrogen-bond acceptors (Lipinski definition) is 5. The van der Waals surface area contributed by atoms with Crippen LogP contribution >= 0.6 is 11.8 Å². The summed E-state index contributed by atoms with van der Waals surface area (Å²) in [6.07, 6.45) is 5.50. The first-order valence-electron chi connectivity index (χ1n) is 8.52. The highest BCUT2D eigenvalue weighted by Crippen LogP contribution is 2.38. The molecular formula is C19H26N4OS. The van der Waals surface area contributed by atoms with Crippen LogP contribution in [-0.2, 0) is 0 Å². The Morgan fingerprint density at radius 1 is 1.20 bits per heavy atom. The molecule has 25 heavy (non-hydrogen) atoms. The second-order valence-corrected chi connectivity index (χ2v) is 9.40. The largest absolute Gasteiger partial charge is 0.507 e. The van der Waals surface area contributed by atoms with Crippen molar-refractivity contribution in [3.05, 3.63) is 36.2 Å². The Kier molecular flexibility index (Phi) is 4.68. The summed E-state index contributed by atoms with van der Waals surface area (Å²) in [5.41, 5.74) is 2.49. The van der Waals surface area contributed by atoms with E-state index in [1.54, 1.807) is 30.2 Å². The molecule has 5 nitrogen and oxygen atoms in total. The lowest BCUT2D eigenvalue weighted by molar-refractivity contribution is 0.189. The normalized spacial score (nSPS) is 19.7. The lowest BCUT2D eigenvalue weighted by atomic mass is 9.82. The second kappa shape index (κ2) is 6.50. The molecule has 0 amide bonds. The van der Waals surface area contributed by atoms with Gasteiger partial charge in [0.15, 0.2) is 0 Å². The summed E-state index contributed by atoms with van der Waals surface area (Å²) >= 11 is 1.56. The summed E-state index contributed by atoms with van der Waals surface area (Å²) in [6, 6.07) is 5.45. The zero-order valence-corrected chi connectivity index (χ0v) is 16.0. The minimum atomic E-state index is 0.0485. The van der Waals surface area contributed by atoms with Crippen molar-refractivity contribution in [2.24, 2.45) is 0 Å². The molecule has 2 heterocycles. The van der Waals surface area contributed by atoms with Gasteiger partial charge in [-0.2, -0.15) is 5.10 Å². The van der Waals surface area contributed by atoms with E-state index in [9.17, 15) is 5.11 Å². The minimum absolute atomic E-state index is 0.0485. The van der Waals surface area contributed by atoms with Crippen molar-refractivity contribution in [1.82, 2.24) is 15.5 Å². The molecule has 6 heteroatoms. The molecule has 1 aromatic heterocycles. The van der Waals surface area contributed by atoms with Crippen LogP contribution in [0.5, 0.6) is 5.75 Å². The predicted octanol–water partition coefficient (Wildman–Crippen LogP) is 4.15.